The highest BCUT2D eigenvalue weighted by Gasteiger charge is 2.17. The van der Waals surface area contributed by atoms with Crippen LogP contribution in [0.15, 0.2) is 42.5 Å². The Morgan fingerprint density at radius 2 is 1.63 bits per heavy atom. The van der Waals surface area contributed by atoms with Gasteiger partial charge in [-0.2, -0.15) is 0 Å². The van der Waals surface area contributed by atoms with Crippen molar-refractivity contribution in [1.82, 2.24) is 5.32 Å². The fraction of sp³-hybridized carbons (Fsp3) is 0.333. The summed E-state index contributed by atoms with van der Waals surface area (Å²) in [4.78, 5) is 24.4. The van der Waals surface area contributed by atoms with Crippen LogP contribution < -0.4 is 20.1 Å². The maximum absolute atomic E-state index is 12.3. The summed E-state index contributed by atoms with van der Waals surface area (Å²) < 4.78 is 10.5. The van der Waals surface area contributed by atoms with Gasteiger partial charge < -0.3 is 20.1 Å². The van der Waals surface area contributed by atoms with Crippen molar-refractivity contribution >= 4 is 17.5 Å². The minimum absolute atomic E-state index is 0.113. The molecule has 2 amide bonds. The molecule has 0 aliphatic carbocycles. The Kier molecular flexibility index (Phi) is 6.45. The zero-order valence-electron chi connectivity index (χ0n) is 16.4. The lowest BCUT2D eigenvalue weighted by Gasteiger charge is -2.21. The Labute approximate surface area is 159 Å². The van der Waals surface area contributed by atoms with Gasteiger partial charge in [0.15, 0.2) is 6.61 Å². The molecule has 0 saturated carbocycles. The van der Waals surface area contributed by atoms with Crippen molar-refractivity contribution in [2.24, 2.45) is 0 Å². The normalized spacial score (nSPS) is 10.9. The van der Waals surface area contributed by atoms with Crippen molar-refractivity contribution in [2.75, 3.05) is 19.0 Å². The van der Waals surface area contributed by atoms with E-state index in [1.165, 1.54) is 0 Å². The molecule has 0 aliphatic rings. The predicted molar refractivity (Wildman–Crippen MR) is 106 cm³/mol. The standard InChI is InChI=1S/C21H26N2O4/c1-14-12-15(6-11-18(14)20(25)23-21(2,3)4)22-19(24)13-27-17-9-7-16(26-5)8-10-17/h6-12H,13H2,1-5H3,(H,22,24)(H,23,25). The topological polar surface area (TPSA) is 76.7 Å². The summed E-state index contributed by atoms with van der Waals surface area (Å²) in [5.74, 6) is 0.882. The summed E-state index contributed by atoms with van der Waals surface area (Å²) in [7, 11) is 1.59. The summed E-state index contributed by atoms with van der Waals surface area (Å²) in [6.07, 6.45) is 0. The molecule has 0 spiro atoms. The van der Waals surface area contributed by atoms with E-state index >= 15 is 0 Å². The first-order valence-electron chi connectivity index (χ1n) is 8.68. The van der Waals surface area contributed by atoms with Crippen LogP contribution in [-0.2, 0) is 4.79 Å². The van der Waals surface area contributed by atoms with E-state index in [4.69, 9.17) is 9.47 Å². The Balaban J connectivity index is 1.93. The fourth-order valence-electron chi connectivity index (χ4n) is 2.42. The lowest BCUT2D eigenvalue weighted by atomic mass is 10.0. The molecular weight excluding hydrogens is 344 g/mol. The van der Waals surface area contributed by atoms with Crippen LogP contribution in [0.1, 0.15) is 36.7 Å². The largest absolute Gasteiger partial charge is 0.497 e. The maximum Gasteiger partial charge on any atom is 0.262 e. The van der Waals surface area contributed by atoms with Crippen LogP contribution in [0.25, 0.3) is 0 Å². The van der Waals surface area contributed by atoms with E-state index in [1.807, 2.05) is 27.7 Å². The Bertz CT molecular complexity index is 808. The van der Waals surface area contributed by atoms with Gasteiger partial charge in [0.25, 0.3) is 11.8 Å². The molecular formula is C21H26N2O4. The molecule has 0 aliphatic heterocycles. The number of amides is 2. The van der Waals surface area contributed by atoms with Gasteiger partial charge in [0.05, 0.1) is 7.11 Å². The third kappa shape index (κ3) is 6.33. The van der Waals surface area contributed by atoms with Crippen molar-refractivity contribution in [3.8, 4) is 11.5 Å². The van der Waals surface area contributed by atoms with Gasteiger partial charge in [0, 0.05) is 16.8 Å². The van der Waals surface area contributed by atoms with E-state index in [0.717, 1.165) is 11.3 Å². The van der Waals surface area contributed by atoms with Crippen LogP contribution in [0, 0.1) is 6.92 Å². The van der Waals surface area contributed by atoms with E-state index in [-0.39, 0.29) is 24.0 Å². The molecule has 2 rings (SSSR count). The van der Waals surface area contributed by atoms with Crippen molar-refractivity contribution in [2.45, 2.75) is 33.2 Å². The molecule has 0 heterocycles. The van der Waals surface area contributed by atoms with Gasteiger partial charge in [-0.3, -0.25) is 9.59 Å². The fourth-order valence-corrected chi connectivity index (χ4v) is 2.42. The monoisotopic (exact) mass is 370 g/mol. The van der Waals surface area contributed by atoms with Crippen LogP contribution in [0.4, 0.5) is 5.69 Å². The number of nitrogens with one attached hydrogen (secondary N) is 2. The first kappa shape index (κ1) is 20.3. The van der Waals surface area contributed by atoms with E-state index < -0.39 is 0 Å². The SMILES string of the molecule is COc1ccc(OCC(=O)Nc2ccc(C(=O)NC(C)(C)C)c(C)c2)cc1. The molecule has 2 aromatic carbocycles. The predicted octanol–water partition coefficient (Wildman–Crippen LogP) is 3.55. The molecule has 144 valence electrons. The minimum atomic E-state index is -0.310. The van der Waals surface area contributed by atoms with Crippen LogP contribution in [-0.4, -0.2) is 31.1 Å². The smallest absolute Gasteiger partial charge is 0.262 e. The van der Waals surface area contributed by atoms with Crippen molar-refractivity contribution < 1.29 is 19.1 Å². The number of carbonyl (C=O) groups is 2. The maximum atomic E-state index is 12.3. The van der Waals surface area contributed by atoms with Gasteiger partial charge in [0.2, 0.25) is 0 Å². The zero-order valence-corrected chi connectivity index (χ0v) is 16.4. The number of carbonyl (C=O) groups excluding carboxylic acids is 2. The Hall–Kier alpha value is -3.02. The third-order valence-corrected chi connectivity index (χ3v) is 3.67. The highest BCUT2D eigenvalue weighted by atomic mass is 16.5. The molecule has 27 heavy (non-hydrogen) atoms. The number of rotatable bonds is 6. The zero-order chi connectivity index (χ0) is 20.0. The summed E-state index contributed by atoms with van der Waals surface area (Å²) in [5, 5.41) is 5.70. The number of ether oxygens (including phenoxy) is 2. The molecule has 2 N–H and O–H groups in total. The van der Waals surface area contributed by atoms with Gasteiger partial charge >= 0.3 is 0 Å². The molecule has 6 nitrogen and oxygen atoms in total. The first-order chi connectivity index (χ1) is 12.7. The lowest BCUT2D eigenvalue weighted by molar-refractivity contribution is -0.118. The van der Waals surface area contributed by atoms with E-state index in [1.54, 1.807) is 49.6 Å². The molecule has 6 heteroatoms. The number of hydrogen-bond acceptors (Lipinski definition) is 4. The van der Waals surface area contributed by atoms with Crippen LogP contribution in [0.3, 0.4) is 0 Å². The number of hydrogen-bond donors (Lipinski definition) is 2. The number of methoxy groups -OCH3 is 1. The Morgan fingerprint density at radius 3 is 2.19 bits per heavy atom. The molecule has 0 radical (unpaired) electrons. The quantitative estimate of drug-likeness (QED) is 0.815. The first-order valence-corrected chi connectivity index (χ1v) is 8.68. The van der Waals surface area contributed by atoms with Crippen LogP contribution in [0.2, 0.25) is 0 Å². The van der Waals surface area contributed by atoms with Crippen molar-refractivity contribution in [1.29, 1.82) is 0 Å². The molecule has 0 fully saturated rings. The molecule has 2 aromatic rings. The second-order valence-corrected chi connectivity index (χ2v) is 7.25. The van der Waals surface area contributed by atoms with Crippen LogP contribution >= 0.6 is 0 Å². The van der Waals surface area contributed by atoms with E-state index in [2.05, 4.69) is 10.6 Å². The van der Waals surface area contributed by atoms with Crippen molar-refractivity contribution in [3.63, 3.8) is 0 Å². The van der Waals surface area contributed by atoms with Crippen molar-refractivity contribution in [3.05, 3.63) is 53.6 Å². The second-order valence-electron chi connectivity index (χ2n) is 7.25. The summed E-state index contributed by atoms with van der Waals surface area (Å²) in [6.45, 7) is 7.51. The second kappa shape index (κ2) is 8.58. The number of benzene rings is 2. The molecule has 0 atom stereocenters. The molecule has 0 saturated heterocycles. The Morgan fingerprint density at radius 1 is 1.00 bits per heavy atom. The van der Waals surface area contributed by atoms with E-state index in [9.17, 15) is 9.59 Å². The summed E-state index contributed by atoms with van der Waals surface area (Å²) in [6, 6.07) is 12.2. The third-order valence-electron chi connectivity index (χ3n) is 3.67. The molecule has 0 bridgehead atoms. The van der Waals surface area contributed by atoms with Gasteiger partial charge in [-0.15, -0.1) is 0 Å². The van der Waals surface area contributed by atoms with E-state index in [0.29, 0.717) is 17.0 Å². The molecule has 0 aromatic heterocycles. The average molecular weight is 370 g/mol. The van der Waals surface area contributed by atoms with Gasteiger partial charge in [-0.25, -0.2) is 0 Å². The molecule has 0 unspecified atom stereocenters. The average Bonchev–Trinajstić information content (AvgIpc) is 2.59. The number of anilines is 1. The summed E-state index contributed by atoms with van der Waals surface area (Å²) >= 11 is 0. The van der Waals surface area contributed by atoms with Gasteiger partial charge in [0.1, 0.15) is 11.5 Å². The number of aryl methyl sites for hydroxylation is 1. The summed E-state index contributed by atoms with van der Waals surface area (Å²) in [5.41, 5.74) is 1.67. The van der Waals surface area contributed by atoms with Gasteiger partial charge in [-0.05, 0) is 75.7 Å². The van der Waals surface area contributed by atoms with Gasteiger partial charge in [-0.1, -0.05) is 0 Å². The van der Waals surface area contributed by atoms with Crippen LogP contribution in [0.5, 0.6) is 11.5 Å². The highest BCUT2D eigenvalue weighted by molar-refractivity contribution is 5.97. The highest BCUT2D eigenvalue weighted by Crippen LogP contribution is 2.18. The minimum Gasteiger partial charge on any atom is -0.497 e. The lowest BCUT2D eigenvalue weighted by Crippen LogP contribution is -2.40.